The summed E-state index contributed by atoms with van der Waals surface area (Å²) in [6.07, 6.45) is 2.49. The standard InChI is InChI=1S/C16H21ClN4/c1-16(2,3)21-15-10-14(19-11-20-15)18-9-8-12-4-6-13(17)7-5-12/h4-7,10-11H,8-9H2,1-3H3,(H2,18,19,20,21). The summed E-state index contributed by atoms with van der Waals surface area (Å²) in [5.74, 6) is 1.65. The Labute approximate surface area is 131 Å². The summed E-state index contributed by atoms with van der Waals surface area (Å²) in [4.78, 5) is 8.46. The molecule has 0 amide bonds. The van der Waals surface area contributed by atoms with Crippen molar-refractivity contribution in [2.45, 2.75) is 32.7 Å². The zero-order chi connectivity index (χ0) is 15.3. The van der Waals surface area contributed by atoms with E-state index in [-0.39, 0.29) is 5.54 Å². The molecule has 0 aliphatic heterocycles. The van der Waals surface area contributed by atoms with Crippen molar-refractivity contribution in [2.75, 3.05) is 17.2 Å². The molecule has 0 bridgehead atoms. The van der Waals surface area contributed by atoms with E-state index in [0.717, 1.165) is 29.6 Å². The Morgan fingerprint density at radius 1 is 1.05 bits per heavy atom. The van der Waals surface area contributed by atoms with Gasteiger partial charge in [-0.3, -0.25) is 0 Å². The van der Waals surface area contributed by atoms with Gasteiger partial charge in [-0.25, -0.2) is 9.97 Å². The number of hydrogen-bond acceptors (Lipinski definition) is 4. The lowest BCUT2D eigenvalue weighted by Crippen LogP contribution is -2.26. The number of anilines is 2. The molecule has 2 rings (SSSR count). The summed E-state index contributed by atoms with van der Waals surface area (Å²) in [5.41, 5.74) is 1.23. The van der Waals surface area contributed by atoms with Crippen molar-refractivity contribution in [1.82, 2.24) is 9.97 Å². The van der Waals surface area contributed by atoms with Crippen LogP contribution in [0.1, 0.15) is 26.3 Å². The Balaban J connectivity index is 1.88. The fourth-order valence-electron chi connectivity index (χ4n) is 1.89. The van der Waals surface area contributed by atoms with E-state index in [1.807, 2.05) is 30.3 Å². The summed E-state index contributed by atoms with van der Waals surface area (Å²) in [6.45, 7) is 7.11. The van der Waals surface area contributed by atoms with Crippen molar-refractivity contribution in [1.29, 1.82) is 0 Å². The highest BCUT2D eigenvalue weighted by atomic mass is 35.5. The summed E-state index contributed by atoms with van der Waals surface area (Å²) in [6, 6.07) is 9.82. The molecule has 0 spiro atoms. The first-order chi connectivity index (χ1) is 9.92. The molecule has 0 unspecified atom stereocenters. The van der Waals surface area contributed by atoms with Gasteiger partial charge in [0.25, 0.3) is 0 Å². The average molecular weight is 305 g/mol. The molecule has 2 aromatic rings. The van der Waals surface area contributed by atoms with Crippen molar-refractivity contribution in [3.63, 3.8) is 0 Å². The number of nitrogens with one attached hydrogen (secondary N) is 2. The van der Waals surface area contributed by atoms with E-state index in [1.54, 1.807) is 6.33 Å². The van der Waals surface area contributed by atoms with E-state index >= 15 is 0 Å². The van der Waals surface area contributed by atoms with Crippen LogP contribution < -0.4 is 10.6 Å². The number of rotatable bonds is 5. The first-order valence-electron chi connectivity index (χ1n) is 7.01. The molecular weight excluding hydrogens is 284 g/mol. The quantitative estimate of drug-likeness (QED) is 0.877. The first kappa shape index (κ1) is 15.6. The van der Waals surface area contributed by atoms with E-state index in [2.05, 4.69) is 41.4 Å². The molecule has 0 saturated carbocycles. The van der Waals surface area contributed by atoms with Crippen LogP contribution >= 0.6 is 11.6 Å². The second kappa shape index (κ2) is 6.76. The van der Waals surface area contributed by atoms with Crippen molar-refractivity contribution in [2.24, 2.45) is 0 Å². The summed E-state index contributed by atoms with van der Waals surface area (Å²) >= 11 is 5.87. The van der Waals surface area contributed by atoms with Gasteiger partial charge >= 0.3 is 0 Å². The van der Waals surface area contributed by atoms with Crippen molar-refractivity contribution < 1.29 is 0 Å². The zero-order valence-corrected chi connectivity index (χ0v) is 13.4. The Bertz CT molecular complexity index is 576. The van der Waals surface area contributed by atoms with Gasteiger partial charge in [-0.2, -0.15) is 0 Å². The summed E-state index contributed by atoms with van der Waals surface area (Å²) < 4.78 is 0. The van der Waals surface area contributed by atoms with Gasteiger partial charge in [0.2, 0.25) is 0 Å². The van der Waals surface area contributed by atoms with Crippen LogP contribution in [0.25, 0.3) is 0 Å². The molecule has 4 nitrogen and oxygen atoms in total. The third-order valence-electron chi connectivity index (χ3n) is 2.80. The van der Waals surface area contributed by atoms with Crippen LogP contribution in [0.15, 0.2) is 36.7 Å². The summed E-state index contributed by atoms with van der Waals surface area (Å²) in [5, 5.41) is 7.40. The Hall–Kier alpha value is -1.81. The predicted molar refractivity (Wildman–Crippen MR) is 89.1 cm³/mol. The second-order valence-corrected chi connectivity index (χ2v) is 6.40. The molecule has 1 aromatic carbocycles. The molecule has 0 saturated heterocycles. The van der Waals surface area contributed by atoms with Crippen LogP contribution in [0.2, 0.25) is 5.02 Å². The van der Waals surface area contributed by atoms with Gasteiger partial charge in [0.1, 0.15) is 18.0 Å². The van der Waals surface area contributed by atoms with Crippen LogP contribution in [-0.2, 0) is 6.42 Å². The molecule has 0 radical (unpaired) electrons. The molecule has 1 heterocycles. The van der Waals surface area contributed by atoms with Gasteiger partial charge in [0.15, 0.2) is 0 Å². The molecule has 1 aromatic heterocycles. The Morgan fingerprint density at radius 3 is 2.38 bits per heavy atom. The lowest BCUT2D eigenvalue weighted by Gasteiger charge is -2.21. The monoisotopic (exact) mass is 304 g/mol. The van der Waals surface area contributed by atoms with Crippen molar-refractivity contribution in [3.8, 4) is 0 Å². The number of hydrogen-bond donors (Lipinski definition) is 2. The molecule has 0 aliphatic rings. The highest BCUT2D eigenvalue weighted by molar-refractivity contribution is 6.30. The van der Waals surface area contributed by atoms with E-state index in [9.17, 15) is 0 Å². The Morgan fingerprint density at radius 2 is 1.71 bits per heavy atom. The molecule has 0 atom stereocenters. The highest BCUT2D eigenvalue weighted by Crippen LogP contribution is 2.14. The second-order valence-electron chi connectivity index (χ2n) is 5.97. The average Bonchev–Trinajstić information content (AvgIpc) is 2.39. The molecule has 0 fully saturated rings. The third kappa shape index (κ3) is 5.60. The fraction of sp³-hybridized carbons (Fsp3) is 0.375. The van der Waals surface area contributed by atoms with Crippen molar-refractivity contribution in [3.05, 3.63) is 47.2 Å². The minimum absolute atomic E-state index is 0.0189. The van der Waals surface area contributed by atoms with Crippen molar-refractivity contribution >= 4 is 23.2 Å². The smallest absolute Gasteiger partial charge is 0.131 e. The maximum atomic E-state index is 5.87. The van der Waals surface area contributed by atoms with Gasteiger partial charge < -0.3 is 10.6 Å². The number of halogens is 1. The SMILES string of the molecule is CC(C)(C)Nc1cc(NCCc2ccc(Cl)cc2)ncn1. The highest BCUT2D eigenvalue weighted by Gasteiger charge is 2.10. The lowest BCUT2D eigenvalue weighted by atomic mass is 10.1. The van der Waals surface area contributed by atoms with Gasteiger partial charge in [0, 0.05) is 23.2 Å². The van der Waals surface area contributed by atoms with Gasteiger partial charge in [0.05, 0.1) is 0 Å². The number of aromatic nitrogens is 2. The first-order valence-corrected chi connectivity index (χ1v) is 7.39. The predicted octanol–water partition coefficient (Wildman–Crippen LogP) is 4.00. The fourth-order valence-corrected chi connectivity index (χ4v) is 2.02. The van der Waals surface area contributed by atoms with Gasteiger partial charge in [-0.05, 0) is 44.9 Å². The normalized spacial score (nSPS) is 11.2. The lowest BCUT2D eigenvalue weighted by molar-refractivity contribution is 0.630. The maximum absolute atomic E-state index is 5.87. The molecule has 5 heteroatoms. The number of nitrogens with zero attached hydrogens (tertiary/aromatic N) is 2. The molecular formula is C16H21ClN4. The summed E-state index contributed by atoms with van der Waals surface area (Å²) in [7, 11) is 0. The molecule has 112 valence electrons. The van der Waals surface area contributed by atoms with E-state index in [0.29, 0.717) is 0 Å². The largest absolute Gasteiger partial charge is 0.370 e. The van der Waals surface area contributed by atoms with Gasteiger partial charge in [-0.15, -0.1) is 0 Å². The zero-order valence-electron chi connectivity index (χ0n) is 12.7. The van der Waals surface area contributed by atoms with Crippen LogP contribution in [-0.4, -0.2) is 22.1 Å². The minimum Gasteiger partial charge on any atom is -0.370 e. The Kier molecular flexibility index (Phi) is 5.02. The maximum Gasteiger partial charge on any atom is 0.131 e. The van der Waals surface area contributed by atoms with E-state index in [4.69, 9.17) is 11.6 Å². The topological polar surface area (TPSA) is 49.8 Å². The van der Waals surface area contributed by atoms with E-state index < -0.39 is 0 Å². The van der Waals surface area contributed by atoms with Crippen LogP contribution in [0.5, 0.6) is 0 Å². The van der Waals surface area contributed by atoms with Crippen LogP contribution in [0.3, 0.4) is 0 Å². The third-order valence-corrected chi connectivity index (χ3v) is 3.06. The molecule has 2 N–H and O–H groups in total. The van der Waals surface area contributed by atoms with Crippen LogP contribution in [0, 0.1) is 0 Å². The minimum atomic E-state index is -0.0189. The van der Waals surface area contributed by atoms with Gasteiger partial charge in [-0.1, -0.05) is 23.7 Å². The molecule has 21 heavy (non-hydrogen) atoms. The van der Waals surface area contributed by atoms with E-state index in [1.165, 1.54) is 5.56 Å². The van der Waals surface area contributed by atoms with Crippen LogP contribution in [0.4, 0.5) is 11.6 Å². The molecule has 0 aliphatic carbocycles. The number of benzene rings is 1.